The molecule has 0 saturated carbocycles. The van der Waals surface area contributed by atoms with E-state index < -0.39 is 0 Å². The van der Waals surface area contributed by atoms with Gasteiger partial charge in [-0.25, -0.2) is 4.98 Å². The molecule has 5 aromatic carbocycles. The second-order valence-electron chi connectivity index (χ2n) is 8.40. The van der Waals surface area contributed by atoms with Gasteiger partial charge >= 0.3 is 0 Å². The number of aromatic nitrogens is 1. The van der Waals surface area contributed by atoms with Crippen LogP contribution in [0.15, 0.2) is 109 Å². The van der Waals surface area contributed by atoms with Crippen molar-refractivity contribution in [2.75, 3.05) is 0 Å². The number of pyridine rings is 1. The van der Waals surface area contributed by atoms with Gasteiger partial charge < -0.3 is 4.74 Å². The fourth-order valence-electron chi connectivity index (χ4n) is 4.73. The summed E-state index contributed by atoms with van der Waals surface area (Å²) in [6.07, 6.45) is 1.70. The normalized spacial score (nSPS) is 11.2. The summed E-state index contributed by atoms with van der Waals surface area (Å²) in [6, 6.07) is 33.3. The average Bonchev–Trinajstić information content (AvgIpc) is 2.91. The number of rotatable bonds is 5. The van der Waals surface area contributed by atoms with Crippen LogP contribution in [0, 0.1) is 10.1 Å². The van der Waals surface area contributed by atoms with Gasteiger partial charge in [0.25, 0.3) is 5.69 Å². The molecular weight excluding hydrogens is 436 g/mol. The minimum absolute atomic E-state index is 0.0294. The van der Waals surface area contributed by atoms with Crippen molar-refractivity contribution in [3.63, 3.8) is 0 Å². The Hall–Kier alpha value is -4.77. The molecule has 5 heteroatoms. The van der Waals surface area contributed by atoms with E-state index in [4.69, 9.17) is 4.74 Å². The first-order chi connectivity index (χ1) is 17.2. The molecule has 6 aromatic rings. The highest BCUT2D eigenvalue weighted by atomic mass is 16.6. The summed E-state index contributed by atoms with van der Waals surface area (Å²) in [5, 5.41) is 17.6. The summed E-state index contributed by atoms with van der Waals surface area (Å²) in [7, 11) is 0. The highest BCUT2D eigenvalue weighted by Gasteiger charge is 2.21. The van der Waals surface area contributed by atoms with Crippen molar-refractivity contribution in [1.29, 1.82) is 0 Å². The maximum absolute atomic E-state index is 12.1. The van der Waals surface area contributed by atoms with Crippen LogP contribution < -0.4 is 4.74 Å². The number of ether oxygens (including phenoxy) is 1. The van der Waals surface area contributed by atoms with Crippen molar-refractivity contribution < 1.29 is 9.66 Å². The minimum Gasteiger partial charge on any atom is -0.472 e. The average molecular weight is 457 g/mol. The molecule has 0 aliphatic heterocycles. The van der Waals surface area contributed by atoms with Crippen LogP contribution in [-0.4, -0.2) is 9.91 Å². The second kappa shape index (κ2) is 8.54. The summed E-state index contributed by atoms with van der Waals surface area (Å²) >= 11 is 0. The topological polar surface area (TPSA) is 65.3 Å². The van der Waals surface area contributed by atoms with Crippen LogP contribution in [0.4, 0.5) is 5.69 Å². The third kappa shape index (κ3) is 3.63. The molecule has 6 rings (SSSR count). The highest BCUT2D eigenvalue weighted by molar-refractivity contribution is 6.17. The monoisotopic (exact) mass is 456 g/mol. The predicted molar refractivity (Wildman–Crippen MR) is 140 cm³/mol. The van der Waals surface area contributed by atoms with Crippen molar-refractivity contribution in [2.24, 2.45) is 0 Å². The summed E-state index contributed by atoms with van der Waals surface area (Å²) < 4.78 is 6.05. The van der Waals surface area contributed by atoms with E-state index in [-0.39, 0.29) is 10.6 Å². The molecule has 0 fully saturated rings. The van der Waals surface area contributed by atoms with Gasteiger partial charge in [0.1, 0.15) is 6.61 Å². The van der Waals surface area contributed by atoms with Gasteiger partial charge in [0, 0.05) is 17.8 Å². The number of non-ortho nitro benzene ring substituents is 1. The second-order valence-corrected chi connectivity index (χ2v) is 8.40. The van der Waals surface area contributed by atoms with Crippen LogP contribution in [0.5, 0.6) is 5.88 Å². The van der Waals surface area contributed by atoms with Gasteiger partial charge in [-0.05, 0) is 44.8 Å². The first kappa shape index (κ1) is 20.8. The zero-order chi connectivity index (χ0) is 23.8. The fourth-order valence-corrected chi connectivity index (χ4v) is 4.73. The lowest BCUT2D eigenvalue weighted by molar-refractivity contribution is -0.383. The lowest BCUT2D eigenvalue weighted by Gasteiger charge is -2.15. The van der Waals surface area contributed by atoms with Crippen molar-refractivity contribution >= 4 is 38.0 Å². The van der Waals surface area contributed by atoms with Gasteiger partial charge in [0.15, 0.2) is 0 Å². The summed E-state index contributed by atoms with van der Waals surface area (Å²) in [6.45, 7) is 0.323. The molecule has 0 aliphatic carbocycles. The van der Waals surface area contributed by atoms with Gasteiger partial charge in [-0.3, -0.25) is 10.1 Å². The van der Waals surface area contributed by atoms with E-state index in [0.717, 1.165) is 32.7 Å². The molecule has 1 heterocycles. The SMILES string of the molecule is O=[N+]([O-])c1cccc2c(OCc3ccccc3)ncc(-c3cc4ccccc4c4ccccc34)c12. The largest absolute Gasteiger partial charge is 0.472 e. The number of benzene rings is 5. The van der Waals surface area contributed by atoms with Gasteiger partial charge in [0.05, 0.1) is 15.7 Å². The van der Waals surface area contributed by atoms with Crippen molar-refractivity contribution in [2.45, 2.75) is 6.61 Å². The molecule has 0 radical (unpaired) electrons. The maximum atomic E-state index is 12.1. The van der Waals surface area contributed by atoms with Gasteiger partial charge in [-0.2, -0.15) is 0 Å². The molecule has 0 bridgehead atoms. The molecule has 0 amide bonds. The third-order valence-corrected chi connectivity index (χ3v) is 6.33. The number of hydrogen-bond acceptors (Lipinski definition) is 4. The summed E-state index contributed by atoms with van der Waals surface area (Å²) in [5.41, 5.74) is 2.64. The Morgan fingerprint density at radius 3 is 2.20 bits per heavy atom. The van der Waals surface area contributed by atoms with Crippen molar-refractivity contribution in [3.05, 3.63) is 125 Å². The molecule has 0 unspecified atom stereocenters. The maximum Gasteiger partial charge on any atom is 0.278 e. The molecule has 1 aromatic heterocycles. The summed E-state index contributed by atoms with van der Waals surface area (Å²) in [5.74, 6) is 0.376. The van der Waals surface area contributed by atoms with E-state index in [2.05, 4.69) is 35.3 Å². The standard InChI is InChI=1S/C30H20N2O3/c33-32(34)28-16-8-15-25-29(28)27(18-31-30(25)35-19-20-9-2-1-3-10-20)26-17-21-11-4-5-12-22(21)23-13-6-7-14-24(23)26/h1-18H,19H2. The molecule has 0 saturated heterocycles. The molecule has 0 spiro atoms. The van der Waals surface area contributed by atoms with E-state index in [1.165, 1.54) is 6.07 Å². The summed E-state index contributed by atoms with van der Waals surface area (Å²) in [4.78, 5) is 16.4. The molecule has 168 valence electrons. The smallest absolute Gasteiger partial charge is 0.278 e. The zero-order valence-electron chi connectivity index (χ0n) is 18.7. The zero-order valence-corrected chi connectivity index (χ0v) is 18.7. The lowest BCUT2D eigenvalue weighted by Crippen LogP contribution is -2.00. The first-order valence-electron chi connectivity index (χ1n) is 11.3. The van der Waals surface area contributed by atoms with Crippen LogP contribution in [0.2, 0.25) is 0 Å². The Morgan fingerprint density at radius 1 is 0.714 bits per heavy atom. The quantitative estimate of drug-likeness (QED) is 0.151. The Kier molecular flexibility index (Phi) is 5.08. The van der Waals surface area contributed by atoms with Gasteiger partial charge in [-0.1, -0.05) is 84.9 Å². The number of hydrogen-bond donors (Lipinski definition) is 0. The molecular formula is C30H20N2O3. The fraction of sp³-hybridized carbons (Fsp3) is 0.0333. The molecule has 35 heavy (non-hydrogen) atoms. The van der Waals surface area contributed by atoms with Crippen LogP contribution in [-0.2, 0) is 6.61 Å². The van der Waals surface area contributed by atoms with E-state index in [1.807, 2.05) is 60.7 Å². The Morgan fingerprint density at radius 2 is 1.40 bits per heavy atom. The number of nitrogens with zero attached hydrogens (tertiary/aromatic N) is 2. The van der Waals surface area contributed by atoms with E-state index in [0.29, 0.717) is 28.8 Å². The lowest BCUT2D eigenvalue weighted by atomic mass is 9.91. The van der Waals surface area contributed by atoms with E-state index in [1.54, 1.807) is 12.3 Å². The number of nitro groups is 1. The number of fused-ring (bicyclic) bond motifs is 4. The van der Waals surface area contributed by atoms with Crippen LogP contribution in [0.1, 0.15) is 5.56 Å². The van der Waals surface area contributed by atoms with Gasteiger partial charge in [0.2, 0.25) is 5.88 Å². The van der Waals surface area contributed by atoms with Crippen LogP contribution >= 0.6 is 0 Å². The first-order valence-corrected chi connectivity index (χ1v) is 11.3. The van der Waals surface area contributed by atoms with Crippen molar-refractivity contribution in [1.82, 2.24) is 4.98 Å². The Bertz CT molecular complexity index is 1730. The third-order valence-electron chi connectivity index (χ3n) is 6.33. The Balaban J connectivity index is 1.62. The molecule has 0 atom stereocenters. The van der Waals surface area contributed by atoms with Crippen LogP contribution in [0.3, 0.4) is 0 Å². The van der Waals surface area contributed by atoms with E-state index >= 15 is 0 Å². The van der Waals surface area contributed by atoms with Crippen molar-refractivity contribution in [3.8, 4) is 17.0 Å². The molecule has 0 aliphatic rings. The molecule has 5 nitrogen and oxygen atoms in total. The predicted octanol–water partition coefficient (Wildman–Crippen LogP) is 7.70. The molecule has 0 N–H and O–H groups in total. The van der Waals surface area contributed by atoms with Crippen LogP contribution in [0.25, 0.3) is 43.4 Å². The van der Waals surface area contributed by atoms with Gasteiger partial charge in [-0.15, -0.1) is 0 Å². The van der Waals surface area contributed by atoms with E-state index in [9.17, 15) is 10.1 Å². The minimum atomic E-state index is -0.337. The number of nitro benzene ring substituents is 1. The Labute approximate surface area is 201 Å². The highest BCUT2D eigenvalue weighted by Crippen LogP contribution is 2.42.